The summed E-state index contributed by atoms with van der Waals surface area (Å²) in [6.45, 7) is 2.39. The van der Waals surface area contributed by atoms with Gasteiger partial charge in [-0.2, -0.15) is 22.3 Å². The molecule has 0 atom stereocenters. The third kappa shape index (κ3) is 5.42. The molecule has 5 aromatic heterocycles. The van der Waals surface area contributed by atoms with Gasteiger partial charge in [-0.3, -0.25) is 14.3 Å². The van der Waals surface area contributed by atoms with Crippen molar-refractivity contribution in [2.75, 3.05) is 6.26 Å². The lowest BCUT2D eigenvalue weighted by Crippen LogP contribution is -2.10. The maximum Gasteiger partial charge on any atom is 0.333 e. The number of nitrogens with one attached hydrogen (secondary N) is 2. The Hall–Kier alpha value is -3.75. The molecule has 0 aliphatic carbocycles. The minimum Gasteiger partial charge on any atom is -0.338 e. The Kier molecular flexibility index (Phi) is 7.32. The van der Waals surface area contributed by atoms with Gasteiger partial charge in [0.2, 0.25) is 0 Å². The van der Waals surface area contributed by atoms with Gasteiger partial charge in [-0.25, -0.2) is 14.6 Å². The molecular weight excluding hydrogens is 544 g/mol. The zero-order valence-electron chi connectivity index (χ0n) is 20.5. The molecule has 5 heterocycles. The van der Waals surface area contributed by atoms with Crippen molar-refractivity contribution < 1.29 is 21.8 Å². The zero-order chi connectivity index (χ0) is 27.9. The standard InChI is InChI=1S/C22H18ClF2N7O.CH4O3S/c1-4-13-19-15(8-16(23)27-13)28-20(30-19)12-7-11-14(29-21(12)33)5-6-26-18(11)17-9(2)31-32(10(17)3)22(24)25;1-5(2,3)4/h5-8,22H,4H2,1-3H3,(H,28,30)(H,29,33);1H3,(H,2,3,4). The van der Waals surface area contributed by atoms with Crippen LogP contribution < -0.4 is 5.56 Å². The van der Waals surface area contributed by atoms with Crippen LogP contribution in [0.2, 0.25) is 5.15 Å². The van der Waals surface area contributed by atoms with E-state index in [0.717, 1.165) is 0 Å². The number of nitrogens with zero attached hydrogens (tertiary/aromatic N) is 5. The number of fused-ring (bicyclic) bond motifs is 2. The minimum absolute atomic E-state index is 0.280. The van der Waals surface area contributed by atoms with Crippen molar-refractivity contribution in [3.8, 4) is 22.6 Å². The quantitative estimate of drug-likeness (QED) is 0.213. The van der Waals surface area contributed by atoms with E-state index in [1.54, 1.807) is 32.0 Å². The first-order valence-electron chi connectivity index (χ1n) is 11.1. The molecule has 0 aromatic carbocycles. The third-order valence-corrected chi connectivity index (χ3v) is 5.81. The summed E-state index contributed by atoms with van der Waals surface area (Å²) >= 11 is 6.11. The summed E-state index contributed by atoms with van der Waals surface area (Å²) in [4.78, 5) is 32.2. The van der Waals surface area contributed by atoms with Crippen LogP contribution in [0.4, 0.5) is 8.78 Å². The second-order valence-electron chi connectivity index (χ2n) is 8.36. The first kappa shape index (κ1) is 27.3. The lowest BCUT2D eigenvalue weighted by atomic mass is 10.0. The van der Waals surface area contributed by atoms with Gasteiger partial charge in [0, 0.05) is 23.2 Å². The number of rotatable bonds is 4. The van der Waals surface area contributed by atoms with E-state index >= 15 is 0 Å². The summed E-state index contributed by atoms with van der Waals surface area (Å²) in [6, 6.07) is 4.97. The fourth-order valence-corrected chi connectivity index (χ4v) is 4.33. The van der Waals surface area contributed by atoms with E-state index < -0.39 is 16.7 Å². The molecule has 0 saturated carbocycles. The molecule has 0 spiro atoms. The highest BCUT2D eigenvalue weighted by atomic mass is 35.5. The average Bonchev–Trinajstić information content (AvgIpc) is 3.36. The summed E-state index contributed by atoms with van der Waals surface area (Å²) in [5.74, 6) is 0.346. The van der Waals surface area contributed by atoms with Crippen molar-refractivity contribution in [3.05, 3.63) is 57.0 Å². The Bertz CT molecular complexity index is 1840. The monoisotopic (exact) mass is 565 g/mol. The Labute approximate surface area is 219 Å². The topological polar surface area (TPSA) is 160 Å². The number of alkyl halides is 2. The van der Waals surface area contributed by atoms with Crippen LogP contribution in [-0.2, 0) is 16.5 Å². The van der Waals surface area contributed by atoms with E-state index in [-0.39, 0.29) is 16.8 Å². The third-order valence-electron chi connectivity index (χ3n) is 5.62. The van der Waals surface area contributed by atoms with Gasteiger partial charge in [-0.15, -0.1) is 0 Å². The van der Waals surface area contributed by atoms with Crippen LogP contribution in [-0.4, -0.2) is 53.9 Å². The van der Waals surface area contributed by atoms with Gasteiger partial charge >= 0.3 is 6.55 Å². The van der Waals surface area contributed by atoms with Gasteiger partial charge < -0.3 is 9.97 Å². The van der Waals surface area contributed by atoms with Crippen LogP contribution in [0.3, 0.4) is 0 Å². The Morgan fingerprint density at radius 2 is 1.84 bits per heavy atom. The second kappa shape index (κ2) is 10.2. The van der Waals surface area contributed by atoms with Crippen LogP contribution >= 0.6 is 11.6 Å². The van der Waals surface area contributed by atoms with E-state index in [4.69, 9.17) is 16.2 Å². The molecule has 0 bridgehead atoms. The van der Waals surface area contributed by atoms with Gasteiger partial charge in [-0.05, 0) is 32.4 Å². The molecule has 0 saturated heterocycles. The summed E-state index contributed by atoms with van der Waals surface area (Å²) in [6.07, 6.45) is 2.86. The fourth-order valence-electron chi connectivity index (χ4n) is 4.12. The lowest BCUT2D eigenvalue weighted by molar-refractivity contribution is 0.0542. The summed E-state index contributed by atoms with van der Waals surface area (Å²) < 4.78 is 53.3. The van der Waals surface area contributed by atoms with Crippen molar-refractivity contribution in [1.29, 1.82) is 0 Å². The number of hydrogen-bond acceptors (Lipinski definition) is 7. The smallest absolute Gasteiger partial charge is 0.333 e. The molecule has 0 unspecified atom stereocenters. The Balaban J connectivity index is 0.000000617. The number of hydrogen-bond donors (Lipinski definition) is 3. The number of aryl methyl sites for hydroxylation is 2. The highest BCUT2D eigenvalue weighted by Crippen LogP contribution is 2.33. The van der Waals surface area contributed by atoms with Crippen LogP contribution in [0.25, 0.3) is 44.6 Å². The molecule has 15 heteroatoms. The van der Waals surface area contributed by atoms with Crippen LogP contribution in [0.5, 0.6) is 0 Å². The Morgan fingerprint density at radius 3 is 2.45 bits per heavy atom. The van der Waals surface area contributed by atoms with Gasteiger partial charge in [-0.1, -0.05) is 18.5 Å². The number of halogens is 3. The normalized spacial score (nSPS) is 11.8. The molecule has 0 radical (unpaired) electrons. The van der Waals surface area contributed by atoms with Gasteiger partial charge in [0.05, 0.1) is 45.6 Å². The predicted octanol–water partition coefficient (Wildman–Crippen LogP) is 4.46. The number of aromatic amines is 2. The van der Waals surface area contributed by atoms with Crippen molar-refractivity contribution >= 4 is 43.7 Å². The summed E-state index contributed by atoms with van der Waals surface area (Å²) in [5, 5.41) is 4.88. The first-order chi connectivity index (χ1) is 17.8. The van der Waals surface area contributed by atoms with Gasteiger partial charge in [0.25, 0.3) is 15.7 Å². The molecule has 38 heavy (non-hydrogen) atoms. The lowest BCUT2D eigenvalue weighted by Gasteiger charge is -2.08. The van der Waals surface area contributed by atoms with Gasteiger partial charge in [0.1, 0.15) is 16.5 Å². The van der Waals surface area contributed by atoms with E-state index in [2.05, 4.69) is 30.0 Å². The molecule has 5 aromatic rings. The van der Waals surface area contributed by atoms with Gasteiger partial charge in [0.15, 0.2) is 0 Å². The molecule has 0 aliphatic rings. The minimum atomic E-state index is -3.67. The fraction of sp³-hybridized carbons (Fsp3) is 0.261. The molecule has 0 aliphatic heterocycles. The van der Waals surface area contributed by atoms with Crippen molar-refractivity contribution in [2.45, 2.75) is 33.7 Å². The van der Waals surface area contributed by atoms with Crippen LogP contribution in [0.15, 0.2) is 29.2 Å². The zero-order valence-corrected chi connectivity index (χ0v) is 22.1. The maximum absolute atomic E-state index is 13.4. The summed E-state index contributed by atoms with van der Waals surface area (Å²) in [5.41, 5.74) is 4.10. The molecular formula is C23H22ClF2N7O4S. The summed E-state index contributed by atoms with van der Waals surface area (Å²) in [7, 11) is -3.67. The molecule has 5 rings (SSSR count). The van der Waals surface area contributed by atoms with E-state index in [1.807, 2.05) is 6.92 Å². The van der Waals surface area contributed by atoms with Crippen molar-refractivity contribution in [3.63, 3.8) is 0 Å². The van der Waals surface area contributed by atoms with Crippen molar-refractivity contribution in [1.82, 2.24) is 34.7 Å². The van der Waals surface area contributed by atoms with E-state index in [0.29, 0.717) is 72.9 Å². The maximum atomic E-state index is 13.4. The Morgan fingerprint density at radius 1 is 1.16 bits per heavy atom. The predicted molar refractivity (Wildman–Crippen MR) is 139 cm³/mol. The highest BCUT2D eigenvalue weighted by Gasteiger charge is 2.22. The van der Waals surface area contributed by atoms with E-state index in [1.165, 1.54) is 6.20 Å². The number of pyridine rings is 3. The largest absolute Gasteiger partial charge is 0.338 e. The molecule has 200 valence electrons. The number of aromatic nitrogens is 7. The molecule has 11 nitrogen and oxygen atoms in total. The molecule has 0 amide bonds. The number of H-pyrrole nitrogens is 2. The SMILES string of the molecule is CCc1nc(Cl)cc2[nH]c(-c3cc4c(-c5c(C)nn(C(F)F)c5C)nccc4[nH]c3=O)nc12.CS(=O)(=O)O. The first-order valence-corrected chi connectivity index (χ1v) is 13.3. The molecule has 3 N–H and O–H groups in total. The highest BCUT2D eigenvalue weighted by molar-refractivity contribution is 7.85. The van der Waals surface area contributed by atoms with E-state index in [9.17, 15) is 22.0 Å². The average molecular weight is 566 g/mol. The number of imidazole rings is 1. The molecule has 0 fully saturated rings. The van der Waals surface area contributed by atoms with Crippen molar-refractivity contribution in [2.24, 2.45) is 0 Å². The van der Waals surface area contributed by atoms with Crippen LogP contribution in [0, 0.1) is 13.8 Å². The second-order valence-corrected chi connectivity index (χ2v) is 10.2. The van der Waals surface area contributed by atoms with Crippen LogP contribution in [0.1, 0.15) is 30.6 Å².